The summed E-state index contributed by atoms with van der Waals surface area (Å²) in [4.78, 5) is 13.5. The van der Waals surface area contributed by atoms with E-state index in [2.05, 4.69) is 0 Å². The summed E-state index contributed by atoms with van der Waals surface area (Å²) in [7, 11) is 1.87. The molecule has 1 rings (SSSR count). The number of carboxylic acid groups (broad SMARTS) is 1. The van der Waals surface area contributed by atoms with Crippen molar-refractivity contribution in [1.82, 2.24) is 4.90 Å². The van der Waals surface area contributed by atoms with Crippen molar-refractivity contribution in [2.24, 2.45) is 0 Å². The molecule has 3 nitrogen and oxygen atoms in total. The van der Waals surface area contributed by atoms with E-state index in [0.717, 1.165) is 4.91 Å². The third kappa shape index (κ3) is 2.04. The Kier molecular flexibility index (Phi) is 2.81. The van der Waals surface area contributed by atoms with Crippen molar-refractivity contribution < 1.29 is 9.90 Å². The van der Waals surface area contributed by atoms with E-state index in [1.807, 2.05) is 24.4 Å². The number of aliphatic carboxylic acids is 1. The SMILES string of the molecule is CSC1=CN(C)CC(C(=O)O)=C1. The zero-order valence-corrected chi connectivity index (χ0v) is 7.89. The van der Waals surface area contributed by atoms with Crippen LogP contribution in [-0.4, -0.2) is 35.8 Å². The molecular weight excluding hydrogens is 174 g/mol. The molecule has 0 spiro atoms. The van der Waals surface area contributed by atoms with Crippen LogP contribution in [0.3, 0.4) is 0 Å². The lowest BCUT2D eigenvalue weighted by molar-refractivity contribution is -0.132. The molecule has 0 unspecified atom stereocenters. The van der Waals surface area contributed by atoms with Crippen molar-refractivity contribution in [2.45, 2.75) is 0 Å². The molecule has 0 atom stereocenters. The van der Waals surface area contributed by atoms with Gasteiger partial charge in [-0.1, -0.05) is 0 Å². The molecule has 0 radical (unpaired) electrons. The molecule has 0 aliphatic carbocycles. The molecule has 66 valence electrons. The summed E-state index contributed by atoms with van der Waals surface area (Å²) >= 11 is 1.55. The van der Waals surface area contributed by atoms with Crippen LogP contribution in [0.4, 0.5) is 0 Å². The first-order valence-corrected chi connectivity index (χ1v) is 4.76. The summed E-state index contributed by atoms with van der Waals surface area (Å²) in [6.45, 7) is 0.486. The van der Waals surface area contributed by atoms with Crippen LogP contribution in [0.15, 0.2) is 22.8 Å². The first kappa shape index (κ1) is 9.19. The molecule has 0 amide bonds. The fourth-order valence-corrected chi connectivity index (χ4v) is 1.57. The predicted molar refractivity (Wildman–Crippen MR) is 49.9 cm³/mol. The van der Waals surface area contributed by atoms with E-state index in [9.17, 15) is 4.79 Å². The molecule has 0 aromatic rings. The maximum absolute atomic E-state index is 10.6. The van der Waals surface area contributed by atoms with Crippen molar-refractivity contribution in [3.05, 3.63) is 22.8 Å². The zero-order valence-electron chi connectivity index (χ0n) is 7.07. The minimum Gasteiger partial charge on any atom is -0.478 e. The smallest absolute Gasteiger partial charge is 0.333 e. The normalized spacial score (nSPS) is 17.0. The highest BCUT2D eigenvalue weighted by Gasteiger charge is 2.13. The van der Waals surface area contributed by atoms with Crippen LogP contribution >= 0.6 is 11.8 Å². The highest BCUT2D eigenvalue weighted by molar-refractivity contribution is 8.02. The molecule has 0 aromatic carbocycles. The van der Waals surface area contributed by atoms with Gasteiger partial charge in [-0.3, -0.25) is 0 Å². The van der Waals surface area contributed by atoms with E-state index in [1.54, 1.807) is 17.8 Å². The van der Waals surface area contributed by atoms with E-state index < -0.39 is 5.97 Å². The van der Waals surface area contributed by atoms with Crippen LogP contribution in [0.5, 0.6) is 0 Å². The van der Waals surface area contributed by atoms with Gasteiger partial charge in [-0.25, -0.2) is 4.79 Å². The second-order valence-electron chi connectivity index (χ2n) is 2.63. The quantitative estimate of drug-likeness (QED) is 0.700. The number of nitrogens with zero attached hydrogens (tertiary/aromatic N) is 1. The van der Waals surface area contributed by atoms with Crippen LogP contribution in [-0.2, 0) is 4.79 Å². The van der Waals surface area contributed by atoms with Crippen LogP contribution in [0, 0.1) is 0 Å². The van der Waals surface area contributed by atoms with Crippen LogP contribution in [0.2, 0.25) is 0 Å². The van der Waals surface area contributed by atoms with E-state index >= 15 is 0 Å². The zero-order chi connectivity index (χ0) is 9.14. The van der Waals surface area contributed by atoms with E-state index in [0.29, 0.717) is 12.1 Å². The first-order valence-electron chi connectivity index (χ1n) is 3.53. The number of carbonyl (C=O) groups is 1. The summed E-state index contributed by atoms with van der Waals surface area (Å²) in [6.07, 6.45) is 5.59. The summed E-state index contributed by atoms with van der Waals surface area (Å²) in [6, 6.07) is 0. The molecule has 0 saturated heterocycles. The lowest BCUT2D eigenvalue weighted by Gasteiger charge is -2.20. The van der Waals surface area contributed by atoms with E-state index in [-0.39, 0.29) is 0 Å². The summed E-state index contributed by atoms with van der Waals surface area (Å²) in [5.74, 6) is -0.832. The molecule has 0 fully saturated rings. The van der Waals surface area contributed by atoms with Gasteiger partial charge in [-0.15, -0.1) is 11.8 Å². The molecule has 1 aliphatic rings. The standard InChI is InChI=1S/C8H11NO2S/c1-9-4-6(8(10)11)3-7(5-9)12-2/h3,5H,4H2,1-2H3,(H,10,11). The fourth-order valence-electron chi connectivity index (χ4n) is 1.03. The molecule has 0 bridgehead atoms. The Balaban J connectivity index is 2.85. The van der Waals surface area contributed by atoms with Gasteiger partial charge in [-0.05, 0) is 12.3 Å². The van der Waals surface area contributed by atoms with E-state index in [1.165, 1.54) is 0 Å². The Morgan fingerprint density at radius 3 is 2.92 bits per heavy atom. The van der Waals surface area contributed by atoms with Gasteiger partial charge in [-0.2, -0.15) is 0 Å². The number of thioether (sulfide) groups is 1. The van der Waals surface area contributed by atoms with Crippen LogP contribution in [0.25, 0.3) is 0 Å². The molecule has 12 heavy (non-hydrogen) atoms. The number of rotatable bonds is 2. The minimum absolute atomic E-state index is 0.448. The van der Waals surface area contributed by atoms with Gasteiger partial charge in [0.25, 0.3) is 0 Å². The maximum Gasteiger partial charge on any atom is 0.333 e. The third-order valence-electron chi connectivity index (χ3n) is 1.59. The summed E-state index contributed by atoms with van der Waals surface area (Å²) in [5.41, 5.74) is 0.448. The summed E-state index contributed by atoms with van der Waals surface area (Å²) < 4.78 is 0. The molecule has 1 heterocycles. The third-order valence-corrected chi connectivity index (χ3v) is 2.29. The number of likely N-dealkylation sites (N-methyl/N-ethyl adjacent to an activating group) is 1. The lowest BCUT2D eigenvalue weighted by atomic mass is 10.2. The number of hydrogen-bond donors (Lipinski definition) is 1. The molecule has 1 N–H and O–H groups in total. The highest BCUT2D eigenvalue weighted by atomic mass is 32.2. The topological polar surface area (TPSA) is 40.5 Å². The monoisotopic (exact) mass is 185 g/mol. The van der Waals surface area contributed by atoms with Crippen LogP contribution in [0.1, 0.15) is 0 Å². The van der Waals surface area contributed by atoms with Gasteiger partial charge in [0, 0.05) is 24.7 Å². The van der Waals surface area contributed by atoms with Crippen molar-refractivity contribution in [3.63, 3.8) is 0 Å². The van der Waals surface area contributed by atoms with Gasteiger partial charge in [0.2, 0.25) is 0 Å². The average molecular weight is 185 g/mol. The van der Waals surface area contributed by atoms with E-state index in [4.69, 9.17) is 5.11 Å². The van der Waals surface area contributed by atoms with Crippen molar-refractivity contribution in [3.8, 4) is 0 Å². The van der Waals surface area contributed by atoms with Crippen molar-refractivity contribution in [2.75, 3.05) is 19.8 Å². The molecule has 4 heteroatoms. The van der Waals surface area contributed by atoms with Gasteiger partial charge < -0.3 is 10.0 Å². The van der Waals surface area contributed by atoms with Crippen molar-refractivity contribution >= 4 is 17.7 Å². The Bertz CT molecular complexity index is 258. The molecule has 0 saturated carbocycles. The van der Waals surface area contributed by atoms with Gasteiger partial charge >= 0.3 is 5.97 Å². The van der Waals surface area contributed by atoms with Gasteiger partial charge in [0.15, 0.2) is 0 Å². The molecular formula is C8H11NO2S. The highest BCUT2D eigenvalue weighted by Crippen LogP contribution is 2.20. The number of carboxylic acids is 1. The number of hydrogen-bond acceptors (Lipinski definition) is 3. The second kappa shape index (κ2) is 3.67. The lowest BCUT2D eigenvalue weighted by Crippen LogP contribution is -2.22. The van der Waals surface area contributed by atoms with Gasteiger partial charge in [0.05, 0.1) is 5.57 Å². The molecule has 0 aromatic heterocycles. The first-order chi connectivity index (χ1) is 5.63. The molecule has 1 aliphatic heterocycles. The Morgan fingerprint density at radius 1 is 1.75 bits per heavy atom. The predicted octanol–water partition coefficient (Wildman–Crippen LogP) is 1.15. The van der Waals surface area contributed by atoms with Crippen LogP contribution < -0.4 is 0 Å². The largest absolute Gasteiger partial charge is 0.478 e. The average Bonchev–Trinajstić information content (AvgIpc) is 2.03. The van der Waals surface area contributed by atoms with Crippen molar-refractivity contribution in [1.29, 1.82) is 0 Å². The van der Waals surface area contributed by atoms with Gasteiger partial charge in [0.1, 0.15) is 0 Å². The Hall–Kier alpha value is -0.900. The fraction of sp³-hybridized carbons (Fsp3) is 0.375. The Labute approximate surface area is 75.7 Å². The second-order valence-corrected chi connectivity index (χ2v) is 3.51. The minimum atomic E-state index is -0.832. The summed E-state index contributed by atoms with van der Waals surface area (Å²) in [5, 5.41) is 8.74. The number of allylic oxidation sites excluding steroid dienone is 1. The Morgan fingerprint density at radius 2 is 2.42 bits per heavy atom. The maximum atomic E-state index is 10.6.